The number of carbonyl (C=O) groups excluding carboxylic acids is 1. The van der Waals surface area contributed by atoms with Crippen molar-refractivity contribution in [3.8, 4) is 5.75 Å². The second-order valence-electron chi connectivity index (χ2n) is 4.20. The maximum Gasteiger partial charge on any atom is 0.241 e. The highest BCUT2D eigenvalue weighted by molar-refractivity contribution is 5.85. The highest BCUT2D eigenvalue weighted by atomic mass is 19.1. The minimum atomic E-state index is -0.510. The van der Waals surface area contributed by atoms with Gasteiger partial charge < -0.3 is 21.1 Å². The number of nitrogens with one attached hydrogen (secondary N) is 2. The minimum absolute atomic E-state index is 0.127. The fourth-order valence-corrected chi connectivity index (χ4v) is 1.53. The summed E-state index contributed by atoms with van der Waals surface area (Å²) in [6, 6.07) is 2.18. The molecule has 0 heterocycles. The Morgan fingerprint density at radius 1 is 1.53 bits per heavy atom. The molecule has 0 saturated carbocycles. The lowest BCUT2D eigenvalue weighted by atomic mass is 10.2. The fraction of sp³-hybridized carbons (Fsp3) is 0.462. The lowest BCUT2D eigenvalue weighted by molar-refractivity contribution is -0.121. The molecule has 0 aliphatic heterocycles. The van der Waals surface area contributed by atoms with E-state index < -0.39 is 11.9 Å². The Morgan fingerprint density at radius 3 is 2.79 bits per heavy atom. The molecule has 0 aromatic heterocycles. The maximum atomic E-state index is 13.6. The van der Waals surface area contributed by atoms with Crippen molar-refractivity contribution < 1.29 is 13.9 Å². The lowest BCUT2D eigenvalue weighted by Gasteiger charge is -2.17. The van der Waals surface area contributed by atoms with E-state index >= 15 is 0 Å². The third-order valence-electron chi connectivity index (χ3n) is 2.58. The average Bonchev–Trinajstić information content (AvgIpc) is 2.39. The van der Waals surface area contributed by atoms with Crippen molar-refractivity contribution >= 4 is 17.3 Å². The monoisotopic (exact) mass is 269 g/mol. The molecule has 4 N–H and O–H groups in total. The molecule has 1 atom stereocenters. The van der Waals surface area contributed by atoms with Crippen LogP contribution in [0.2, 0.25) is 0 Å². The zero-order valence-electron chi connectivity index (χ0n) is 11.4. The summed E-state index contributed by atoms with van der Waals surface area (Å²) in [5.74, 6) is -0.563. The Kier molecular flexibility index (Phi) is 5.41. The van der Waals surface area contributed by atoms with E-state index in [1.165, 1.54) is 12.1 Å². The summed E-state index contributed by atoms with van der Waals surface area (Å²) >= 11 is 0. The molecule has 1 aromatic carbocycles. The van der Waals surface area contributed by atoms with Gasteiger partial charge in [0.1, 0.15) is 6.04 Å². The topological polar surface area (TPSA) is 76.4 Å². The quantitative estimate of drug-likeness (QED) is 0.688. The van der Waals surface area contributed by atoms with Crippen LogP contribution in [0.5, 0.6) is 5.75 Å². The van der Waals surface area contributed by atoms with Crippen molar-refractivity contribution in [2.75, 3.05) is 24.7 Å². The van der Waals surface area contributed by atoms with Crippen LogP contribution in [0.4, 0.5) is 15.8 Å². The van der Waals surface area contributed by atoms with Gasteiger partial charge in [-0.1, -0.05) is 6.92 Å². The Labute approximate surface area is 112 Å². The molecule has 1 amide bonds. The van der Waals surface area contributed by atoms with Crippen molar-refractivity contribution in [1.29, 1.82) is 0 Å². The molecule has 1 unspecified atom stereocenters. The SMILES string of the molecule is CCCOc1cc(NC(C)C(=O)NC)c(N)cc1F. The summed E-state index contributed by atoms with van der Waals surface area (Å²) in [6.07, 6.45) is 0.779. The van der Waals surface area contributed by atoms with Gasteiger partial charge in [0.05, 0.1) is 18.0 Å². The highest BCUT2D eigenvalue weighted by Crippen LogP contribution is 2.28. The third kappa shape index (κ3) is 4.01. The highest BCUT2D eigenvalue weighted by Gasteiger charge is 2.14. The van der Waals surface area contributed by atoms with Gasteiger partial charge in [-0.3, -0.25) is 4.79 Å². The number of ether oxygens (including phenoxy) is 1. The average molecular weight is 269 g/mol. The van der Waals surface area contributed by atoms with Crippen LogP contribution in [0.3, 0.4) is 0 Å². The van der Waals surface area contributed by atoms with Gasteiger partial charge in [0.2, 0.25) is 5.91 Å². The first kappa shape index (κ1) is 15.1. The summed E-state index contributed by atoms with van der Waals surface area (Å²) in [5.41, 5.74) is 6.43. The molecule has 0 bridgehead atoms. The number of hydrogen-bond acceptors (Lipinski definition) is 4. The summed E-state index contributed by atoms with van der Waals surface area (Å²) in [4.78, 5) is 11.4. The van der Waals surface area contributed by atoms with Crippen LogP contribution in [0.25, 0.3) is 0 Å². The maximum absolute atomic E-state index is 13.6. The summed E-state index contributed by atoms with van der Waals surface area (Å²) < 4.78 is 18.9. The number of carbonyl (C=O) groups is 1. The number of nitrogen functional groups attached to an aromatic ring is 1. The van der Waals surface area contributed by atoms with Crippen LogP contribution in [0, 0.1) is 5.82 Å². The first-order chi connectivity index (χ1) is 8.99. The zero-order valence-corrected chi connectivity index (χ0v) is 11.4. The number of amides is 1. The van der Waals surface area contributed by atoms with Gasteiger partial charge in [0.15, 0.2) is 11.6 Å². The van der Waals surface area contributed by atoms with Crippen molar-refractivity contribution in [3.05, 3.63) is 17.9 Å². The predicted octanol–water partition coefficient (Wildman–Crippen LogP) is 1.74. The van der Waals surface area contributed by atoms with E-state index in [2.05, 4.69) is 10.6 Å². The van der Waals surface area contributed by atoms with Crippen LogP contribution in [-0.2, 0) is 4.79 Å². The minimum Gasteiger partial charge on any atom is -0.490 e. The van der Waals surface area contributed by atoms with Gasteiger partial charge in [-0.15, -0.1) is 0 Å². The molecule has 5 nitrogen and oxygen atoms in total. The van der Waals surface area contributed by atoms with E-state index in [0.717, 1.165) is 6.42 Å². The van der Waals surface area contributed by atoms with Crippen molar-refractivity contribution in [2.24, 2.45) is 0 Å². The number of halogens is 1. The first-order valence-electron chi connectivity index (χ1n) is 6.19. The standard InChI is InChI=1S/C13H20FN3O2/c1-4-5-19-12-7-11(10(15)6-9(12)14)17-8(2)13(18)16-3/h6-8,17H,4-5,15H2,1-3H3,(H,16,18). The Balaban J connectivity index is 2.91. The van der Waals surface area contributed by atoms with Gasteiger partial charge >= 0.3 is 0 Å². The van der Waals surface area contributed by atoms with Gasteiger partial charge in [0, 0.05) is 19.2 Å². The lowest BCUT2D eigenvalue weighted by Crippen LogP contribution is -2.35. The van der Waals surface area contributed by atoms with E-state index in [1.54, 1.807) is 14.0 Å². The van der Waals surface area contributed by atoms with E-state index in [0.29, 0.717) is 12.3 Å². The number of rotatable bonds is 6. The molecule has 1 rings (SSSR count). The normalized spacial score (nSPS) is 11.8. The second-order valence-corrected chi connectivity index (χ2v) is 4.20. The van der Waals surface area contributed by atoms with Crippen LogP contribution < -0.4 is 21.1 Å². The number of nitrogens with two attached hydrogens (primary N) is 1. The third-order valence-corrected chi connectivity index (χ3v) is 2.58. The van der Waals surface area contributed by atoms with Gasteiger partial charge in [-0.05, 0) is 13.3 Å². The van der Waals surface area contributed by atoms with Gasteiger partial charge in [0.25, 0.3) is 0 Å². The molecule has 0 aliphatic rings. The molecule has 0 fully saturated rings. The number of hydrogen-bond donors (Lipinski definition) is 3. The van der Waals surface area contributed by atoms with Crippen LogP contribution in [0.15, 0.2) is 12.1 Å². The number of anilines is 2. The molecular formula is C13H20FN3O2. The Hall–Kier alpha value is -1.98. The summed E-state index contributed by atoms with van der Waals surface area (Å²) in [5, 5.41) is 5.44. The van der Waals surface area contributed by atoms with E-state index in [9.17, 15) is 9.18 Å². The van der Waals surface area contributed by atoms with Crippen molar-refractivity contribution in [3.63, 3.8) is 0 Å². The second kappa shape index (κ2) is 6.82. The number of likely N-dealkylation sites (N-methyl/N-ethyl adjacent to an activating group) is 1. The molecule has 0 saturated heterocycles. The molecular weight excluding hydrogens is 249 g/mol. The van der Waals surface area contributed by atoms with Crippen LogP contribution in [-0.4, -0.2) is 25.6 Å². The molecule has 0 radical (unpaired) electrons. The Bertz CT molecular complexity index is 452. The molecule has 0 aliphatic carbocycles. The molecule has 6 heteroatoms. The molecule has 0 spiro atoms. The zero-order chi connectivity index (χ0) is 14.4. The molecule has 19 heavy (non-hydrogen) atoms. The van der Waals surface area contributed by atoms with E-state index in [1.807, 2.05) is 6.92 Å². The van der Waals surface area contributed by atoms with Crippen LogP contribution in [0.1, 0.15) is 20.3 Å². The molecule has 106 valence electrons. The van der Waals surface area contributed by atoms with Crippen molar-refractivity contribution in [2.45, 2.75) is 26.3 Å². The molecule has 1 aromatic rings. The Morgan fingerprint density at radius 2 is 2.21 bits per heavy atom. The number of benzene rings is 1. The van der Waals surface area contributed by atoms with E-state index in [4.69, 9.17) is 10.5 Å². The smallest absolute Gasteiger partial charge is 0.241 e. The van der Waals surface area contributed by atoms with Crippen molar-refractivity contribution in [1.82, 2.24) is 5.32 Å². The van der Waals surface area contributed by atoms with Gasteiger partial charge in [-0.2, -0.15) is 0 Å². The van der Waals surface area contributed by atoms with E-state index in [-0.39, 0.29) is 17.3 Å². The fourth-order valence-electron chi connectivity index (χ4n) is 1.53. The summed E-state index contributed by atoms with van der Waals surface area (Å²) in [7, 11) is 1.55. The largest absolute Gasteiger partial charge is 0.490 e. The van der Waals surface area contributed by atoms with Crippen LogP contribution >= 0.6 is 0 Å². The predicted molar refractivity (Wildman–Crippen MR) is 73.7 cm³/mol. The van der Waals surface area contributed by atoms with Gasteiger partial charge in [-0.25, -0.2) is 4.39 Å². The summed E-state index contributed by atoms with van der Waals surface area (Å²) in [6.45, 7) is 4.04. The first-order valence-corrected chi connectivity index (χ1v) is 6.19.